The standard InChI is InChI=1S/C13H17BINO/c1-14(17)16-9-7-12(8-10-16)13(15)11-5-3-2-4-6-11/h2-6,17H,7-10H2,1H3. The van der Waals surface area contributed by atoms with Gasteiger partial charge >= 0.3 is 7.05 Å². The quantitative estimate of drug-likeness (QED) is 0.660. The molecule has 1 aromatic carbocycles. The van der Waals surface area contributed by atoms with Crippen LogP contribution in [0.15, 0.2) is 35.9 Å². The molecule has 0 atom stereocenters. The van der Waals surface area contributed by atoms with Gasteiger partial charge in [0, 0.05) is 3.58 Å². The van der Waals surface area contributed by atoms with Gasteiger partial charge in [-0.15, -0.1) is 0 Å². The molecule has 1 N–H and O–H groups in total. The summed E-state index contributed by atoms with van der Waals surface area (Å²) in [5.41, 5.74) is 2.84. The van der Waals surface area contributed by atoms with Crippen molar-refractivity contribution in [1.29, 1.82) is 0 Å². The predicted octanol–water partition coefficient (Wildman–Crippen LogP) is 3.04. The molecule has 1 fully saturated rings. The first-order chi connectivity index (χ1) is 8.18. The molecule has 2 nitrogen and oxygen atoms in total. The van der Waals surface area contributed by atoms with Crippen LogP contribution in [0.4, 0.5) is 0 Å². The first-order valence-electron chi connectivity index (χ1n) is 6.03. The van der Waals surface area contributed by atoms with Crippen molar-refractivity contribution in [3.8, 4) is 0 Å². The van der Waals surface area contributed by atoms with Crippen molar-refractivity contribution in [3.05, 3.63) is 41.5 Å². The highest BCUT2D eigenvalue weighted by atomic mass is 127. The Bertz CT molecular complexity index is 395. The summed E-state index contributed by atoms with van der Waals surface area (Å²) < 4.78 is 1.38. The first-order valence-corrected chi connectivity index (χ1v) is 7.11. The molecule has 0 bridgehead atoms. The van der Waals surface area contributed by atoms with Crippen LogP contribution in [0.1, 0.15) is 18.4 Å². The summed E-state index contributed by atoms with van der Waals surface area (Å²) in [6, 6.07) is 10.5. The number of piperidine rings is 1. The lowest BCUT2D eigenvalue weighted by Crippen LogP contribution is -2.41. The maximum atomic E-state index is 9.53. The lowest BCUT2D eigenvalue weighted by Gasteiger charge is -2.29. The van der Waals surface area contributed by atoms with E-state index in [9.17, 15) is 5.02 Å². The Hall–Kier alpha value is -0.325. The highest BCUT2D eigenvalue weighted by Crippen LogP contribution is 2.31. The van der Waals surface area contributed by atoms with E-state index in [-0.39, 0.29) is 7.05 Å². The third-order valence-electron chi connectivity index (χ3n) is 3.27. The Balaban J connectivity index is 2.09. The monoisotopic (exact) mass is 341 g/mol. The average Bonchev–Trinajstić information content (AvgIpc) is 2.39. The summed E-state index contributed by atoms with van der Waals surface area (Å²) in [4.78, 5) is 2.12. The van der Waals surface area contributed by atoms with Gasteiger partial charge in [-0.3, -0.25) is 0 Å². The predicted molar refractivity (Wildman–Crippen MR) is 82.0 cm³/mol. The zero-order valence-electron chi connectivity index (χ0n) is 10.1. The summed E-state index contributed by atoms with van der Waals surface area (Å²) in [5.74, 6) is 0. The molecule has 1 aromatic rings. The third-order valence-corrected chi connectivity index (χ3v) is 4.65. The third kappa shape index (κ3) is 3.33. The number of rotatable bonds is 2. The van der Waals surface area contributed by atoms with Gasteiger partial charge < -0.3 is 9.83 Å². The van der Waals surface area contributed by atoms with Crippen molar-refractivity contribution in [2.75, 3.05) is 13.1 Å². The highest BCUT2D eigenvalue weighted by molar-refractivity contribution is 14.1. The molecule has 4 heteroatoms. The van der Waals surface area contributed by atoms with E-state index in [4.69, 9.17) is 0 Å². The van der Waals surface area contributed by atoms with Gasteiger partial charge in [-0.25, -0.2) is 0 Å². The Morgan fingerprint density at radius 1 is 1.24 bits per heavy atom. The van der Waals surface area contributed by atoms with Gasteiger partial charge in [-0.1, -0.05) is 35.9 Å². The fourth-order valence-corrected chi connectivity index (χ4v) is 3.07. The van der Waals surface area contributed by atoms with Gasteiger partial charge in [0.2, 0.25) is 0 Å². The molecule has 0 amide bonds. The van der Waals surface area contributed by atoms with Crippen molar-refractivity contribution in [1.82, 2.24) is 4.81 Å². The molecule has 1 aliphatic heterocycles. The second kappa shape index (κ2) is 6.02. The van der Waals surface area contributed by atoms with Crippen LogP contribution in [0.25, 0.3) is 3.58 Å². The van der Waals surface area contributed by atoms with E-state index in [2.05, 4.69) is 51.7 Å². The highest BCUT2D eigenvalue weighted by Gasteiger charge is 2.21. The van der Waals surface area contributed by atoms with E-state index in [0.717, 1.165) is 25.9 Å². The summed E-state index contributed by atoms with van der Waals surface area (Å²) in [7, 11) is -0.314. The topological polar surface area (TPSA) is 23.5 Å². The SMILES string of the molecule is CB(O)N1CCC(=C(I)c2ccccc2)CC1. The normalized spacial score (nSPS) is 17.0. The van der Waals surface area contributed by atoms with E-state index in [1.807, 2.05) is 12.9 Å². The minimum Gasteiger partial charge on any atom is -0.437 e. The van der Waals surface area contributed by atoms with Gasteiger partial charge in [0.25, 0.3) is 0 Å². The fraction of sp³-hybridized carbons (Fsp3) is 0.385. The van der Waals surface area contributed by atoms with Crippen LogP contribution >= 0.6 is 22.6 Å². The number of nitrogens with zero attached hydrogens (tertiary/aromatic N) is 1. The van der Waals surface area contributed by atoms with Crippen LogP contribution in [0.5, 0.6) is 0 Å². The molecular formula is C13H17BINO. The van der Waals surface area contributed by atoms with Crippen molar-refractivity contribution in [2.24, 2.45) is 0 Å². The second-order valence-corrected chi connectivity index (χ2v) is 5.53. The molecule has 0 aliphatic carbocycles. The second-order valence-electron chi connectivity index (χ2n) is 4.45. The number of benzene rings is 1. The lowest BCUT2D eigenvalue weighted by molar-refractivity contribution is 0.346. The fourth-order valence-electron chi connectivity index (χ4n) is 2.18. The Kier molecular flexibility index (Phi) is 4.65. The maximum Gasteiger partial charge on any atom is 0.376 e. The average molecular weight is 341 g/mol. The van der Waals surface area contributed by atoms with Crippen LogP contribution in [0, 0.1) is 0 Å². The zero-order valence-corrected chi connectivity index (χ0v) is 12.2. The molecule has 0 aromatic heterocycles. The van der Waals surface area contributed by atoms with E-state index in [1.54, 1.807) is 0 Å². The van der Waals surface area contributed by atoms with E-state index < -0.39 is 0 Å². The van der Waals surface area contributed by atoms with Gasteiger partial charge in [0.15, 0.2) is 0 Å². The van der Waals surface area contributed by atoms with Crippen LogP contribution < -0.4 is 0 Å². The van der Waals surface area contributed by atoms with E-state index >= 15 is 0 Å². The van der Waals surface area contributed by atoms with Crippen LogP contribution in [-0.2, 0) is 0 Å². The Labute approximate surface area is 117 Å². The van der Waals surface area contributed by atoms with Gasteiger partial charge in [-0.05, 0) is 60.9 Å². The van der Waals surface area contributed by atoms with Crippen molar-refractivity contribution < 1.29 is 5.02 Å². The number of hydrogen-bond donors (Lipinski definition) is 1. The molecule has 0 saturated carbocycles. The lowest BCUT2D eigenvalue weighted by atomic mass is 9.82. The molecule has 17 heavy (non-hydrogen) atoms. The van der Waals surface area contributed by atoms with Crippen molar-refractivity contribution in [2.45, 2.75) is 19.7 Å². The molecule has 90 valence electrons. The van der Waals surface area contributed by atoms with Gasteiger partial charge in [0.1, 0.15) is 0 Å². The van der Waals surface area contributed by atoms with Crippen molar-refractivity contribution in [3.63, 3.8) is 0 Å². The smallest absolute Gasteiger partial charge is 0.376 e. The van der Waals surface area contributed by atoms with Gasteiger partial charge in [-0.2, -0.15) is 0 Å². The van der Waals surface area contributed by atoms with Crippen LogP contribution in [0.3, 0.4) is 0 Å². The summed E-state index contributed by atoms with van der Waals surface area (Å²) in [6.45, 7) is 3.77. The molecule has 0 spiro atoms. The van der Waals surface area contributed by atoms with Crippen LogP contribution in [0.2, 0.25) is 6.82 Å². The summed E-state index contributed by atoms with van der Waals surface area (Å²) in [6.07, 6.45) is 2.14. The molecule has 2 rings (SSSR count). The molecule has 0 radical (unpaired) electrons. The molecule has 0 unspecified atom stereocenters. The van der Waals surface area contributed by atoms with Crippen LogP contribution in [-0.4, -0.2) is 30.0 Å². The Morgan fingerprint density at radius 3 is 2.35 bits per heavy atom. The maximum absolute atomic E-state index is 9.53. The Morgan fingerprint density at radius 2 is 1.82 bits per heavy atom. The van der Waals surface area contributed by atoms with Gasteiger partial charge in [0.05, 0.1) is 0 Å². The molecule has 1 saturated heterocycles. The minimum atomic E-state index is -0.314. The number of hydrogen-bond acceptors (Lipinski definition) is 2. The number of halogens is 1. The molecule has 1 aliphatic rings. The van der Waals surface area contributed by atoms with E-state index in [1.165, 1.54) is 14.7 Å². The minimum absolute atomic E-state index is 0.314. The largest absolute Gasteiger partial charge is 0.437 e. The summed E-state index contributed by atoms with van der Waals surface area (Å²) in [5, 5.41) is 9.53. The molecule has 1 heterocycles. The molecular weight excluding hydrogens is 324 g/mol. The first kappa shape index (κ1) is 13.1. The van der Waals surface area contributed by atoms with E-state index in [0.29, 0.717) is 0 Å². The van der Waals surface area contributed by atoms with Crippen molar-refractivity contribution >= 4 is 33.2 Å². The zero-order chi connectivity index (χ0) is 12.3. The summed E-state index contributed by atoms with van der Waals surface area (Å²) >= 11 is 2.45.